The Morgan fingerprint density at radius 2 is 1.62 bits per heavy atom. The van der Waals surface area contributed by atoms with E-state index >= 15 is 4.39 Å². The van der Waals surface area contributed by atoms with Crippen molar-refractivity contribution < 1.29 is 34.7 Å². The van der Waals surface area contributed by atoms with Gasteiger partial charge in [-0.1, -0.05) is 23.5 Å². The molecule has 0 aliphatic carbocycles. The topological polar surface area (TPSA) is 143 Å². The largest absolute Gasteiger partial charge is 0.377 e. The summed E-state index contributed by atoms with van der Waals surface area (Å²) < 4.78 is 102. The second kappa shape index (κ2) is 13.0. The van der Waals surface area contributed by atoms with Gasteiger partial charge in [0, 0.05) is 17.8 Å². The van der Waals surface area contributed by atoms with Gasteiger partial charge in [-0.15, -0.1) is 0 Å². The van der Waals surface area contributed by atoms with Gasteiger partial charge in [0.1, 0.15) is 21.5 Å². The number of anilines is 3. The molecule has 2 atom stereocenters. The fourth-order valence-electron chi connectivity index (χ4n) is 5.66. The third-order valence-electron chi connectivity index (χ3n) is 7.97. The highest BCUT2D eigenvalue weighted by Gasteiger charge is 2.32. The monoisotopic (exact) mass is 708 g/mol. The lowest BCUT2D eigenvalue weighted by molar-refractivity contribution is 0.0756. The van der Waals surface area contributed by atoms with Crippen molar-refractivity contribution in [3.8, 4) is 21.8 Å². The minimum Gasteiger partial charge on any atom is -0.377 e. The number of hydrogen-bond donors (Lipinski definition) is 2. The fraction of sp³-hybridized carbons (Fsp3) is 0.367. The van der Waals surface area contributed by atoms with Crippen LogP contribution in [0.25, 0.3) is 21.8 Å². The molecule has 2 aromatic carbocycles. The predicted molar refractivity (Wildman–Crippen MR) is 173 cm³/mol. The molecule has 2 N–H and O–H groups in total. The number of sulfone groups is 1. The summed E-state index contributed by atoms with van der Waals surface area (Å²) in [4.78, 5) is 15.1. The van der Waals surface area contributed by atoms with Crippen molar-refractivity contribution in [2.24, 2.45) is 0 Å². The molecule has 0 saturated carbocycles. The summed E-state index contributed by atoms with van der Waals surface area (Å²) in [6, 6.07) is 7.95. The van der Waals surface area contributed by atoms with Gasteiger partial charge in [0.05, 0.1) is 58.8 Å². The standard InChI is InChI=1S/C30H31F3N6O5S3/c1-17-15-44-16-18(2)39(17)30-37-26(27(45-30)24-9-12-34-29(36-24)35-19-10-13-46(40,41)14-11-19)20-5-3-8-23(25(20)33)38-47(42,43)28-21(31)6-4-7-22(28)32/h3-9,12,17-19,38H,10-11,13-16H2,1-2H3,(H,34,35,36)/t17-,18-/m0/s1. The Hall–Kier alpha value is -3.80. The van der Waals surface area contributed by atoms with Crippen LogP contribution in [0, 0.1) is 17.5 Å². The van der Waals surface area contributed by atoms with Gasteiger partial charge in [0.2, 0.25) is 5.95 Å². The summed E-state index contributed by atoms with van der Waals surface area (Å²) >= 11 is 1.26. The van der Waals surface area contributed by atoms with Crippen LogP contribution >= 0.6 is 11.3 Å². The van der Waals surface area contributed by atoms with Gasteiger partial charge in [0.15, 0.2) is 15.8 Å². The van der Waals surface area contributed by atoms with Crippen LogP contribution < -0.4 is 14.9 Å². The molecule has 0 unspecified atom stereocenters. The molecule has 4 aromatic rings. The summed E-state index contributed by atoms with van der Waals surface area (Å²) in [7, 11) is -7.93. The first-order valence-corrected chi connectivity index (χ1v) is 18.9. The van der Waals surface area contributed by atoms with E-state index in [4.69, 9.17) is 9.72 Å². The zero-order valence-electron chi connectivity index (χ0n) is 25.3. The molecular weight excluding hydrogens is 678 g/mol. The Balaban J connectivity index is 1.41. The molecule has 0 amide bonds. The SMILES string of the molecule is C[C@H]1COC[C@H](C)N1c1nc(-c2cccc(NS(=O)(=O)c3c(F)cccc3F)c2F)c(-c2ccnc(NC3CCS(=O)(=O)CC3)n2)s1. The molecule has 0 radical (unpaired) electrons. The molecule has 2 aliphatic heterocycles. The number of benzene rings is 2. The lowest BCUT2D eigenvalue weighted by atomic mass is 10.1. The minimum absolute atomic E-state index is 0.0607. The number of nitrogens with one attached hydrogen (secondary N) is 2. The van der Waals surface area contributed by atoms with Crippen LogP contribution in [0.15, 0.2) is 53.6 Å². The number of ether oxygens (including phenoxy) is 1. The first kappa shape index (κ1) is 33.1. The molecule has 2 aromatic heterocycles. The molecule has 11 nitrogen and oxygen atoms in total. The van der Waals surface area contributed by atoms with Gasteiger partial charge in [0.25, 0.3) is 10.0 Å². The van der Waals surface area contributed by atoms with Gasteiger partial charge in [-0.3, -0.25) is 4.72 Å². The van der Waals surface area contributed by atoms with Crippen molar-refractivity contribution in [1.82, 2.24) is 15.0 Å². The number of sulfonamides is 1. The Morgan fingerprint density at radius 3 is 2.30 bits per heavy atom. The van der Waals surface area contributed by atoms with Crippen molar-refractivity contribution in [3.63, 3.8) is 0 Å². The zero-order chi connectivity index (χ0) is 33.5. The van der Waals surface area contributed by atoms with Crippen molar-refractivity contribution >= 4 is 48.0 Å². The van der Waals surface area contributed by atoms with E-state index in [0.29, 0.717) is 41.8 Å². The molecule has 17 heteroatoms. The fourth-order valence-corrected chi connectivity index (χ4v) is 9.60. The van der Waals surface area contributed by atoms with E-state index in [9.17, 15) is 25.6 Å². The highest BCUT2D eigenvalue weighted by molar-refractivity contribution is 7.92. The van der Waals surface area contributed by atoms with E-state index in [-0.39, 0.29) is 46.8 Å². The van der Waals surface area contributed by atoms with Crippen LogP contribution in [-0.4, -0.2) is 74.6 Å². The van der Waals surface area contributed by atoms with E-state index in [1.165, 1.54) is 29.7 Å². The summed E-state index contributed by atoms with van der Waals surface area (Å²) in [5.41, 5.74) is -0.0380. The van der Waals surface area contributed by atoms with E-state index in [1.54, 1.807) is 6.07 Å². The molecule has 2 saturated heterocycles. The third-order valence-corrected chi connectivity index (χ3v) is 12.2. The quantitative estimate of drug-likeness (QED) is 0.254. The first-order valence-electron chi connectivity index (χ1n) is 14.8. The minimum atomic E-state index is -4.86. The lowest BCUT2D eigenvalue weighted by Crippen LogP contribution is -2.49. The Kier molecular flexibility index (Phi) is 9.17. The van der Waals surface area contributed by atoms with Gasteiger partial charge < -0.3 is 15.0 Å². The highest BCUT2D eigenvalue weighted by Crippen LogP contribution is 2.43. The molecule has 2 aliphatic rings. The van der Waals surface area contributed by atoms with Gasteiger partial charge in [-0.2, -0.15) is 0 Å². The average molecular weight is 709 g/mol. The number of morpholine rings is 1. The number of nitrogens with zero attached hydrogens (tertiary/aromatic N) is 4. The lowest BCUT2D eigenvalue weighted by Gasteiger charge is -2.38. The molecule has 0 bridgehead atoms. The number of rotatable bonds is 8. The summed E-state index contributed by atoms with van der Waals surface area (Å²) in [6.07, 6.45) is 2.34. The summed E-state index contributed by atoms with van der Waals surface area (Å²) in [5, 5.41) is 3.76. The molecule has 4 heterocycles. The van der Waals surface area contributed by atoms with E-state index in [2.05, 4.69) is 20.2 Å². The van der Waals surface area contributed by atoms with Crippen molar-refractivity contribution in [3.05, 3.63) is 66.1 Å². The Labute approximate surface area is 274 Å². The van der Waals surface area contributed by atoms with Crippen LogP contribution in [0.4, 0.5) is 29.9 Å². The number of halogens is 3. The maximum atomic E-state index is 16.3. The second-order valence-electron chi connectivity index (χ2n) is 11.5. The van der Waals surface area contributed by atoms with E-state index in [0.717, 1.165) is 24.3 Å². The first-order chi connectivity index (χ1) is 22.3. The second-order valence-corrected chi connectivity index (χ2v) is 16.4. The number of thiazole rings is 1. The van der Waals surface area contributed by atoms with E-state index < -0.39 is 47.9 Å². The molecular formula is C30H31F3N6O5S3. The normalized spacial score (nSPS) is 20.2. The maximum Gasteiger partial charge on any atom is 0.267 e. The van der Waals surface area contributed by atoms with Crippen LogP contribution in [0.1, 0.15) is 26.7 Å². The molecule has 0 spiro atoms. The zero-order valence-corrected chi connectivity index (χ0v) is 27.7. The van der Waals surface area contributed by atoms with Crippen molar-refractivity contribution in [1.29, 1.82) is 0 Å². The summed E-state index contributed by atoms with van der Waals surface area (Å²) in [5.74, 6) is -3.27. The van der Waals surface area contributed by atoms with Crippen LogP contribution in [0.5, 0.6) is 0 Å². The Morgan fingerprint density at radius 1 is 0.957 bits per heavy atom. The molecule has 250 valence electrons. The van der Waals surface area contributed by atoms with Crippen molar-refractivity contribution in [2.45, 2.75) is 49.7 Å². The van der Waals surface area contributed by atoms with Gasteiger partial charge in [-0.25, -0.2) is 45.0 Å². The van der Waals surface area contributed by atoms with Gasteiger partial charge in [-0.05, 0) is 57.0 Å². The third kappa shape index (κ3) is 6.93. The highest BCUT2D eigenvalue weighted by atomic mass is 32.2. The smallest absolute Gasteiger partial charge is 0.267 e. The van der Waals surface area contributed by atoms with Crippen LogP contribution in [0.3, 0.4) is 0 Å². The van der Waals surface area contributed by atoms with Crippen LogP contribution in [-0.2, 0) is 24.6 Å². The Bertz CT molecular complexity index is 1980. The molecule has 47 heavy (non-hydrogen) atoms. The average Bonchev–Trinajstić information content (AvgIpc) is 3.44. The number of hydrogen-bond acceptors (Lipinski definition) is 11. The van der Waals surface area contributed by atoms with Gasteiger partial charge >= 0.3 is 0 Å². The van der Waals surface area contributed by atoms with Crippen LogP contribution in [0.2, 0.25) is 0 Å². The summed E-state index contributed by atoms with van der Waals surface area (Å²) in [6.45, 7) is 4.85. The maximum absolute atomic E-state index is 16.3. The van der Waals surface area contributed by atoms with Crippen molar-refractivity contribution in [2.75, 3.05) is 39.7 Å². The molecule has 2 fully saturated rings. The predicted octanol–water partition coefficient (Wildman–Crippen LogP) is 5.09. The molecule has 6 rings (SSSR count). The number of aromatic nitrogens is 3. The van der Waals surface area contributed by atoms with E-state index in [1.807, 2.05) is 18.6 Å².